The molecule has 2 aromatic heterocycles. The van der Waals surface area contributed by atoms with Gasteiger partial charge in [-0.15, -0.1) is 0 Å². The molecule has 1 fully saturated rings. The maximum atomic E-state index is 11.4. The van der Waals surface area contributed by atoms with E-state index in [0.29, 0.717) is 18.1 Å². The van der Waals surface area contributed by atoms with Gasteiger partial charge in [0.1, 0.15) is 5.65 Å². The maximum Gasteiger partial charge on any atom is 0.249 e. The number of aromatic amines is 1. The first-order chi connectivity index (χ1) is 15.3. The zero-order valence-electron chi connectivity index (χ0n) is 17.3. The molecule has 2 aromatic rings. The Hall–Kier alpha value is -2.91. The van der Waals surface area contributed by atoms with Crippen molar-refractivity contribution >= 4 is 23.2 Å². The van der Waals surface area contributed by atoms with Crippen LogP contribution >= 0.6 is 12.1 Å². The Morgan fingerprint density at radius 2 is 1.94 bits per heavy atom. The highest BCUT2D eigenvalue weighted by molar-refractivity contribution is 7.95. The second-order valence-corrected chi connectivity index (χ2v) is 8.56. The summed E-state index contributed by atoms with van der Waals surface area (Å²) < 4.78 is 11.2. The van der Waals surface area contributed by atoms with Crippen LogP contribution in [0.5, 0.6) is 5.88 Å². The number of aromatic nitrogens is 2. The van der Waals surface area contributed by atoms with Crippen molar-refractivity contribution in [2.24, 2.45) is 0 Å². The van der Waals surface area contributed by atoms with Gasteiger partial charge in [-0.25, -0.2) is 0 Å². The second-order valence-electron chi connectivity index (χ2n) is 7.75. The molecule has 0 amide bonds. The third kappa shape index (κ3) is 4.57. The number of unbranched alkanes of at least 4 members (excludes halogenated alkanes) is 1. The predicted octanol–water partition coefficient (Wildman–Crippen LogP) is 2.42. The summed E-state index contributed by atoms with van der Waals surface area (Å²) in [4.78, 5) is 23.6. The van der Waals surface area contributed by atoms with E-state index in [4.69, 9.17) is 4.74 Å². The molecule has 2 N–H and O–H groups in total. The van der Waals surface area contributed by atoms with Crippen LogP contribution in [0.1, 0.15) is 12.8 Å². The van der Waals surface area contributed by atoms with Crippen LogP contribution < -0.4 is 15.0 Å². The van der Waals surface area contributed by atoms with Gasteiger partial charge in [0, 0.05) is 56.1 Å². The van der Waals surface area contributed by atoms with E-state index in [9.17, 15) is 4.79 Å². The van der Waals surface area contributed by atoms with Gasteiger partial charge < -0.3 is 19.3 Å². The minimum atomic E-state index is -0.152. The number of ether oxygens (including phenoxy) is 1. The summed E-state index contributed by atoms with van der Waals surface area (Å²) in [7, 11) is 0. The molecule has 3 aliphatic rings. The van der Waals surface area contributed by atoms with Gasteiger partial charge in [0.2, 0.25) is 11.4 Å². The van der Waals surface area contributed by atoms with Gasteiger partial charge in [-0.1, -0.05) is 0 Å². The molecular weight excluding hydrogens is 412 g/mol. The fraction of sp³-hybridized carbons (Fsp3) is 0.364. The molecule has 0 aromatic carbocycles. The number of nitrogens with one attached hydrogen (secondary N) is 2. The van der Waals surface area contributed by atoms with Gasteiger partial charge in [0.15, 0.2) is 0 Å². The lowest BCUT2D eigenvalue weighted by Crippen LogP contribution is -2.46. The molecule has 0 bridgehead atoms. The quantitative estimate of drug-likeness (QED) is 0.504. The summed E-state index contributed by atoms with van der Waals surface area (Å²) in [6, 6.07) is 7.04. The van der Waals surface area contributed by atoms with E-state index in [-0.39, 0.29) is 5.56 Å². The van der Waals surface area contributed by atoms with E-state index in [1.54, 1.807) is 18.2 Å². The molecule has 3 aliphatic heterocycles. The number of nitrogens with zero attached hydrogens (tertiary/aromatic N) is 4. The van der Waals surface area contributed by atoms with E-state index in [2.05, 4.69) is 53.3 Å². The van der Waals surface area contributed by atoms with Crippen molar-refractivity contribution < 1.29 is 4.74 Å². The highest BCUT2D eigenvalue weighted by Crippen LogP contribution is 2.32. The minimum Gasteiger partial charge on any atom is -0.478 e. The topological polar surface area (TPSA) is 76.7 Å². The molecule has 0 atom stereocenters. The van der Waals surface area contributed by atoms with Crippen molar-refractivity contribution in [1.82, 2.24) is 28.8 Å². The summed E-state index contributed by atoms with van der Waals surface area (Å²) in [6.07, 6.45) is 10.6. The lowest BCUT2D eigenvalue weighted by atomic mass is 10.2. The number of hydrogen-bond donors (Lipinski definition) is 2. The minimum absolute atomic E-state index is 0.152. The SMILES string of the molecule is O=c1ccc2ccc(OCCCCN3CCN(C4=CC=CN5SNC=C45)CC3)nc2[nH]1. The Morgan fingerprint density at radius 1 is 1.06 bits per heavy atom. The smallest absolute Gasteiger partial charge is 0.249 e. The van der Waals surface area contributed by atoms with Crippen LogP contribution in [0.15, 0.2) is 65.0 Å². The number of hydrogen-bond acceptors (Lipinski definition) is 8. The van der Waals surface area contributed by atoms with Crippen molar-refractivity contribution in [1.29, 1.82) is 0 Å². The molecule has 9 heteroatoms. The van der Waals surface area contributed by atoms with E-state index in [1.807, 2.05) is 12.1 Å². The monoisotopic (exact) mass is 438 g/mol. The summed E-state index contributed by atoms with van der Waals surface area (Å²) in [5.74, 6) is 0.556. The Labute approximate surface area is 185 Å². The summed E-state index contributed by atoms with van der Waals surface area (Å²) in [5, 5.41) is 0.901. The predicted molar refractivity (Wildman–Crippen MR) is 123 cm³/mol. The first-order valence-electron chi connectivity index (χ1n) is 10.7. The Kier molecular flexibility index (Phi) is 5.86. The first-order valence-corrected chi connectivity index (χ1v) is 11.4. The number of pyridine rings is 2. The highest BCUT2D eigenvalue weighted by atomic mass is 32.2. The number of rotatable bonds is 7. The highest BCUT2D eigenvalue weighted by Gasteiger charge is 2.26. The summed E-state index contributed by atoms with van der Waals surface area (Å²) >= 11 is 1.60. The normalized spacial score (nSPS) is 18.6. The average Bonchev–Trinajstić information content (AvgIpc) is 3.28. The molecule has 5 rings (SSSR count). The molecule has 31 heavy (non-hydrogen) atoms. The van der Waals surface area contributed by atoms with Crippen molar-refractivity contribution in [2.75, 3.05) is 39.3 Å². The molecule has 0 spiro atoms. The van der Waals surface area contributed by atoms with Gasteiger partial charge in [-0.3, -0.25) is 14.0 Å². The van der Waals surface area contributed by atoms with Crippen LogP contribution in [0.4, 0.5) is 0 Å². The standard InChI is InChI=1S/C22H26N6O2S/c29-20-7-5-17-6-8-21(25-22(17)24-20)30-15-2-1-9-26-11-13-27(14-12-26)18-4-3-10-28-19(18)16-23-31-28/h3-8,10,16,23H,1-2,9,11-15H2,(H,24,25,29). The summed E-state index contributed by atoms with van der Waals surface area (Å²) in [5.41, 5.74) is 2.96. The van der Waals surface area contributed by atoms with Gasteiger partial charge in [0.05, 0.1) is 30.1 Å². The third-order valence-corrected chi connectivity index (χ3v) is 6.45. The maximum absolute atomic E-state index is 11.4. The Bertz CT molecular complexity index is 1090. The van der Waals surface area contributed by atoms with Gasteiger partial charge in [-0.2, -0.15) is 4.98 Å². The van der Waals surface area contributed by atoms with Crippen LogP contribution in [0, 0.1) is 0 Å². The average molecular weight is 439 g/mol. The van der Waals surface area contributed by atoms with Crippen LogP contribution in [0.2, 0.25) is 0 Å². The Balaban J connectivity index is 1.03. The number of piperazine rings is 1. The van der Waals surface area contributed by atoms with Crippen molar-refractivity contribution in [2.45, 2.75) is 12.8 Å². The molecule has 8 nitrogen and oxygen atoms in total. The van der Waals surface area contributed by atoms with Crippen LogP contribution in [-0.2, 0) is 0 Å². The van der Waals surface area contributed by atoms with E-state index >= 15 is 0 Å². The van der Waals surface area contributed by atoms with E-state index in [0.717, 1.165) is 51.0 Å². The fourth-order valence-corrected chi connectivity index (χ4v) is 4.69. The van der Waals surface area contributed by atoms with Crippen LogP contribution in [-0.4, -0.2) is 63.4 Å². The van der Waals surface area contributed by atoms with E-state index in [1.165, 1.54) is 17.5 Å². The molecular formula is C22H26N6O2S. The lowest BCUT2D eigenvalue weighted by molar-refractivity contribution is 0.154. The first kappa shape index (κ1) is 20.0. The largest absolute Gasteiger partial charge is 0.478 e. The summed E-state index contributed by atoms with van der Waals surface area (Å²) in [6.45, 7) is 5.96. The zero-order valence-corrected chi connectivity index (χ0v) is 18.1. The third-order valence-electron chi connectivity index (χ3n) is 5.71. The van der Waals surface area contributed by atoms with Gasteiger partial charge in [-0.05, 0) is 43.7 Å². The van der Waals surface area contributed by atoms with Crippen molar-refractivity contribution in [3.63, 3.8) is 0 Å². The molecule has 0 aliphatic carbocycles. The Morgan fingerprint density at radius 3 is 2.84 bits per heavy atom. The van der Waals surface area contributed by atoms with E-state index < -0.39 is 0 Å². The van der Waals surface area contributed by atoms with Crippen molar-refractivity contribution in [3.05, 3.63) is 70.6 Å². The lowest BCUT2D eigenvalue weighted by Gasteiger charge is -2.38. The number of fused-ring (bicyclic) bond motifs is 2. The zero-order chi connectivity index (χ0) is 21.0. The molecule has 162 valence electrons. The van der Waals surface area contributed by atoms with Gasteiger partial charge in [0.25, 0.3) is 0 Å². The molecule has 1 saturated heterocycles. The van der Waals surface area contributed by atoms with Crippen molar-refractivity contribution in [3.8, 4) is 5.88 Å². The fourth-order valence-electron chi connectivity index (χ4n) is 4.03. The molecule has 5 heterocycles. The number of H-pyrrole nitrogens is 1. The van der Waals surface area contributed by atoms with Gasteiger partial charge >= 0.3 is 0 Å². The van der Waals surface area contributed by atoms with Crippen LogP contribution in [0.3, 0.4) is 0 Å². The molecule has 0 saturated carbocycles. The van der Waals surface area contributed by atoms with Crippen LogP contribution in [0.25, 0.3) is 11.0 Å². The second kappa shape index (κ2) is 9.07. The molecule has 0 radical (unpaired) electrons. The molecule has 0 unspecified atom stereocenters. The number of allylic oxidation sites excluding steroid dienone is 2.